The molecule has 0 aliphatic rings. The number of anilines is 1. The highest BCUT2D eigenvalue weighted by molar-refractivity contribution is 5.78. The largest absolute Gasteiger partial charge is 0.397 e. The minimum atomic E-state index is -0.0422. The van der Waals surface area contributed by atoms with E-state index in [1.807, 2.05) is 13.1 Å². The minimum Gasteiger partial charge on any atom is -0.397 e. The molecule has 0 aliphatic carbocycles. The minimum absolute atomic E-state index is 0.0422. The number of amides is 1. The summed E-state index contributed by atoms with van der Waals surface area (Å²) in [6.45, 7) is 0.591. The molecule has 1 amide bonds. The highest BCUT2D eigenvalue weighted by atomic mass is 16.1. The Labute approximate surface area is 111 Å². The molecular formula is C13H17N5O. The predicted molar refractivity (Wildman–Crippen MR) is 72.3 cm³/mol. The molecule has 100 valence electrons. The summed E-state index contributed by atoms with van der Waals surface area (Å²) < 4.78 is 1.80. The first kappa shape index (κ1) is 13.1. The number of hydrogen-bond donors (Lipinski definition) is 2. The van der Waals surface area contributed by atoms with Gasteiger partial charge in [0.05, 0.1) is 18.3 Å². The van der Waals surface area contributed by atoms with Crippen molar-refractivity contribution in [1.82, 2.24) is 20.1 Å². The lowest BCUT2D eigenvalue weighted by atomic mass is 10.2. The number of rotatable bonds is 5. The number of hydrogen-bond acceptors (Lipinski definition) is 4. The van der Waals surface area contributed by atoms with Crippen LogP contribution in [0.25, 0.3) is 0 Å². The van der Waals surface area contributed by atoms with Gasteiger partial charge in [-0.1, -0.05) is 0 Å². The molecule has 0 bridgehead atoms. The van der Waals surface area contributed by atoms with E-state index in [0.29, 0.717) is 17.9 Å². The van der Waals surface area contributed by atoms with Crippen LogP contribution in [-0.4, -0.2) is 27.2 Å². The smallest absolute Gasteiger partial charge is 0.226 e. The van der Waals surface area contributed by atoms with Gasteiger partial charge in [0.25, 0.3) is 0 Å². The second kappa shape index (κ2) is 5.99. The highest BCUT2D eigenvalue weighted by Gasteiger charge is 2.05. The fourth-order valence-electron chi connectivity index (χ4n) is 1.74. The number of nitrogen functional groups attached to an aromatic ring is 1. The molecule has 0 unspecified atom stereocenters. The fraction of sp³-hybridized carbons (Fsp3) is 0.308. The van der Waals surface area contributed by atoms with Gasteiger partial charge in [-0.25, -0.2) is 0 Å². The molecule has 2 rings (SSSR count). The van der Waals surface area contributed by atoms with E-state index < -0.39 is 0 Å². The van der Waals surface area contributed by atoms with Crippen LogP contribution in [0.5, 0.6) is 0 Å². The zero-order valence-electron chi connectivity index (χ0n) is 10.8. The topological polar surface area (TPSA) is 85.8 Å². The van der Waals surface area contributed by atoms with Crippen molar-refractivity contribution in [2.75, 3.05) is 12.3 Å². The van der Waals surface area contributed by atoms with Crippen LogP contribution < -0.4 is 11.1 Å². The molecule has 0 spiro atoms. The van der Waals surface area contributed by atoms with Gasteiger partial charge >= 0.3 is 0 Å². The van der Waals surface area contributed by atoms with Crippen molar-refractivity contribution in [1.29, 1.82) is 0 Å². The molecule has 6 nitrogen and oxygen atoms in total. The summed E-state index contributed by atoms with van der Waals surface area (Å²) >= 11 is 0. The first-order valence-corrected chi connectivity index (χ1v) is 6.09. The second-order valence-electron chi connectivity index (χ2n) is 4.31. The molecule has 2 aromatic heterocycles. The van der Waals surface area contributed by atoms with Crippen LogP contribution in [-0.2, 0) is 24.7 Å². The summed E-state index contributed by atoms with van der Waals surface area (Å²) in [7, 11) is 1.88. The SMILES string of the molecule is Cn1nccc1CCNC(=O)Cc1ccc(N)cn1. The molecule has 19 heavy (non-hydrogen) atoms. The lowest BCUT2D eigenvalue weighted by Gasteiger charge is -2.05. The summed E-state index contributed by atoms with van der Waals surface area (Å²) in [5.74, 6) is -0.0422. The van der Waals surface area contributed by atoms with E-state index in [4.69, 9.17) is 5.73 Å². The van der Waals surface area contributed by atoms with E-state index in [1.165, 1.54) is 0 Å². The molecule has 3 N–H and O–H groups in total. The zero-order valence-corrected chi connectivity index (χ0v) is 10.8. The third-order valence-corrected chi connectivity index (χ3v) is 2.82. The van der Waals surface area contributed by atoms with Crippen molar-refractivity contribution in [3.05, 3.63) is 42.0 Å². The van der Waals surface area contributed by atoms with Gasteiger partial charge in [-0.05, 0) is 18.2 Å². The molecule has 0 fully saturated rings. The van der Waals surface area contributed by atoms with Crippen molar-refractivity contribution < 1.29 is 4.79 Å². The Hall–Kier alpha value is -2.37. The van der Waals surface area contributed by atoms with E-state index in [1.54, 1.807) is 29.2 Å². The monoisotopic (exact) mass is 259 g/mol. The fourth-order valence-corrected chi connectivity index (χ4v) is 1.74. The molecule has 0 atom stereocenters. The van der Waals surface area contributed by atoms with Gasteiger partial charge in [0.1, 0.15) is 0 Å². The van der Waals surface area contributed by atoms with Gasteiger partial charge in [0, 0.05) is 37.6 Å². The molecule has 0 saturated carbocycles. The van der Waals surface area contributed by atoms with Crippen molar-refractivity contribution in [2.24, 2.45) is 7.05 Å². The van der Waals surface area contributed by atoms with Crippen LogP contribution in [0.4, 0.5) is 5.69 Å². The molecule has 0 saturated heterocycles. The third-order valence-electron chi connectivity index (χ3n) is 2.82. The molecule has 0 aromatic carbocycles. The number of aromatic nitrogens is 3. The summed E-state index contributed by atoms with van der Waals surface area (Å²) in [6.07, 6.45) is 4.33. The number of nitrogens with one attached hydrogen (secondary N) is 1. The Kier molecular flexibility index (Phi) is 4.12. The van der Waals surface area contributed by atoms with Crippen molar-refractivity contribution in [3.8, 4) is 0 Å². The van der Waals surface area contributed by atoms with Crippen LogP contribution >= 0.6 is 0 Å². The number of aryl methyl sites for hydroxylation is 1. The van der Waals surface area contributed by atoms with Crippen LogP contribution in [0.3, 0.4) is 0 Å². The van der Waals surface area contributed by atoms with E-state index >= 15 is 0 Å². The van der Waals surface area contributed by atoms with Gasteiger partial charge in [0.15, 0.2) is 0 Å². The molecule has 2 heterocycles. The maximum absolute atomic E-state index is 11.7. The average Bonchev–Trinajstić information content (AvgIpc) is 2.78. The van der Waals surface area contributed by atoms with E-state index in [9.17, 15) is 4.79 Å². The Morgan fingerprint density at radius 1 is 1.42 bits per heavy atom. The summed E-state index contributed by atoms with van der Waals surface area (Å²) in [4.78, 5) is 15.8. The standard InChI is InChI=1S/C13H17N5O/c1-18-12(5-7-17-18)4-6-15-13(19)8-11-3-2-10(14)9-16-11/h2-3,5,7,9H,4,6,8,14H2,1H3,(H,15,19). The Balaban J connectivity index is 1.76. The number of nitrogens with two attached hydrogens (primary N) is 1. The Morgan fingerprint density at radius 2 is 2.26 bits per heavy atom. The molecular weight excluding hydrogens is 242 g/mol. The van der Waals surface area contributed by atoms with Crippen molar-refractivity contribution in [3.63, 3.8) is 0 Å². The maximum atomic E-state index is 11.7. The highest BCUT2D eigenvalue weighted by Crippen LogP contribution is 2.02. The van der Waals surface area contributed by atoms with Crippen molar-refractivity contribution >= 4 is 11.6 Å². The third kappa shape index (κ3) is 3.80. The molecule has 2 aromatic rings. The number of carbonyl (C=O) groups is 1. The molecule has 6 heteroatoms. The lowest BCUT2D eigenvalue weighted by molar-refractivity contribution is -0.120. The van der Waals surface area contributed by atoms with Crippen LogP contribution in [0.2, 0.25) is 0 Å². The Morgan fingerprint density at radius 3 is 2.89 bits per heavy atom. The van der Waals surface area contributed by atoms with Gasteiger partial charge in [-0.2, -0.15) is 5.10 Å². The lowest BCUT2D eigenvalue weighted by Crippen LogP contribution is -2.28. The molecule has 0 aliphatic heterocycles. The summed E-state index contributed by atoms with van der Waals surface area (Å²) in [6, 6.07) is 5.44. The van der Waals surface area contributed by atoms with Gasteiger partial charge in [-0.3, -0.25) is 14.5 Å². The number of nitrogens with zero attached hydrogens (tertiary/aromatic N) is 3. The summed E-state index contributed by atoms with van der Waals surface area (Å²) in [5, 5.41) is 6.93. The van der Waals surface area contributed by atoms with Gasteiger partial charge in [-0.15, -0.1) is 0 Å². The molecule has 0 radical (unpaired) electrons. The zero-order chi connectivity index (χ0) is 13.7. The summed E-state index contributed by atoms with van der Waals surface area (Å²) in [5.41, 5.74) is 7.94. The first-order chi connectivity index (χ1) is 9.15. The maximum Gasteiger partial charge on any atom is 0.226 e. The van der Waals surface area contributed by atoms with E-state index in [-0.39, 0.29) is 12.3 Å². The van der Waals surface area contributed by atoms with Crippen molar-refractivity contribution in [2.45, 2.75) is 12.8 Å². The normalized spacial score (nSPS) is 10.4. The van der Waals surface area contributed by atoms with Crippen LogP contribution in [0.15, 0.2) is 30.6 Å². The van der Waals surface area contributed by atoms with Gasteiger partial charge in [0.2, 0.25) is 5.91 Å². The van der Waals surface area contributed by atoms with Gasteiger partial charge < -0.3 is 11.1 Å². The Bertz CT molecular complexity index is 546. The van der Waals surface area contributed by atoms with E-state index in [2.05, 4.69) is 15.4 Å². The number of carbonyl (C=O) groups excluding carboxylic acids is 1. The quantitative estimate of drug-likeness (QED) is 0.808. The number of pyridine rings is 1. The van der Waals surface area contributed by atoms with E-state index in [0.717, 1.165) is 12.1 Å². The first-order valence-electron chi connectivity index (χ1n) is 6.09. The predicted octanol–water partition coefficient (Wildman–Crippen LogP) is 0.299. The average molecular weight is 259 g/mol. The van der Waals surface area contributed by atoms with Crippen LogP contribution in [0, 0.1) is 0 Å². The van der Waals surface area contributed by atoms with Crippen LogP contribution in [0.1, 0.15) is 11.4 Å². The second-order valence-corrected chi connectivity index (χ2v) is 4.31.